The van der Waals surface area contributed by atoms with Gasteiger partial charge in [-0.05, 0) is 36.0 Å². The molecular formula is C23H27NO3. The number of carbonyl (C=O) groups is 1. The second-order valence-electron chi connectivity index (χ2n) is 7.22. The van der Waals surface area contributed by atoms with Crippen molar-refractivity contribution in [1.29, 1.82) is 0 Å². The molecule has 1 fully saturated rings. The number of aromatic hydroxyl groups is 1. The van der Waals surface area contributed by atoms with Gasteiger partial charge in [-0.1, -0.05) is 60.7 Å². The molecule has 0 aliphatic carbocycles. The number of hydrogen-bond acceptors (Lipinski definition) is 3. The Labute approximate surface area is 160 Å². The van der Waals surface area contributed by atoms with Crippen molar-refractivity contribution in [3.8, 4) is 5.75 Å². The highest BCUT2D eigenvalue weighted by Gasteiger charge is 2.33. The van der Waals surface area contributed by atoms with Crippen molar-refractivity contribution in [2.75, 3.05) is 13.1 Å². The zero-order valence-corrected chi connectivity index (χ0v) is 15.5. The second kappa shape index (κ2) is 9.38. The van der Waals surface area contributed by atoms with Crippen LogP contribution in [0.1, 0.15) is 36.3 Å². The number of benzene rings is 2. The number of unbranched alkanes of at least 4 members (excludes halogenated alkanes) is 1. The fourth-order valence-corrected chi connectivity index (χ4v) is 3.85. The highest BCUT2D eigenvalue weighted by Crippen LogP contribution is 2.38. The minimum absolute atomic E-state index is 0.206. The number of carboxylic acid groups (broad SMARTS) is 1. The number of rotatable bonds is 8. The first kappa shape index (κ1) is 19.2. The lowest BCUT2D eigenvalue weighted by Crippen LogP contribution is -2.20. The average Bonchev–Trinajstić information content (AvgIpc) is 3.05. The van der Waals surface area contributed by atoms with Gasteiger partial charge in [0, 0.05) is 32.0 Å². The second-order valence-corrected chi connectivity index (χ2v) is 7.22. The topological polar surface area (TPSA) is 60.8 Å². The molecule has 2 unspecified atom stereocenters. The van der Waals surface area contributed by atoms with Crippen molar-refractivity contribution in [3.63, 3.8) is 0 Å². The maximum absolute atomic E-state index is 10.7. The summed E-state index contributed by atoms with van der Waals surface area (Å²) in [6, 6.07) is 18.0. The Kier molecular flexibility index (Phi) is 6.66. The van der Waals surface area contributed by atoms with Gasteiger partial charge in [-0.25, -0.2) is 0 Å². The Morgan fingerprint density at radius 2 is 1.81 bits per heavy atom. The minimum Gasteiger partial charge on any atom is -0.508 e. The molecule has 4 nitrogen and oxygen atoms in total. The number of hydrogen-bond donors (Lipinski definition) is 2. The molecule has 0 amide bonds. The van der Waals surface area contributed by atoms with E-state index in [1.165, 1.54) is 5.56 Å². The molecule has 0 radical (unpaired) electrons. The van der Waals surface area contributed by atoms with Gasteiger partial charge in [0.2, 0.25) is 0 Å². The molecular weight excluding hydrogens is 338 g/mol. The van der Waals surface area contributed by atoms with Crippen LogP contribution in [0.4, 0.5) is 0 Å². The first-order valence-electron chi connectivity index (χ1n) is 9.56. The third kappa shape index (κ3) is 5.44. The smallest absolute Gasteiger partial charge is 0.303 e. The summed E-state index contributed by atoms with van der Waals surface area (Å²) in [7, 11) is 0. The van der Waals surface area contributed by atoms with Crippen molar-refractivity contribution in [1.82, 2.24) is 4.90 Å². The molecule has 2 aromatic rings. The number of aliphatic carboxylic acids is 1. The summed E-state index contributed by atoms with van der Waals surface area (Å²) in [6.45, 7) is 2.73. The van der Waals surface area contributed by atoms with Gasteiger partial charge in [-0.2, -0.15) is 0 Å². The molecule has 1 aliphatic rings. The zero-order valence-electron chi connectivity index (χ0n) is 15.5. The van der Waals surface area contributed by atoms with E-state index in [1.807, 2.05) is 24.3 Å². The van der Waals surface area contributed by atoms with Gasteiger partial charge >= 0.3 is 5.97 Å². The molecule has 0 bridgehead atoms. The Morgan fingerprint density at radius 1 is 1.07 bits per heavy atom. The normalized spacial score (nSPS) is 20.3. The van der Waals surface area contributed by atoms with Crippen LogP contribution in [-0.4, -0.2) is 34.2 Å². The summed E-state index contributed by atoms with van der Waals surface area (Å²) in [5.41, 5.74) is 2.29. The van der Waals surface area contributed by atoms with Crippen LogP contribution >= 0.6 is 0 Å². The van der Waals surface area contributed by atoms with Crippen LogP contribution in [0.25, 0.3) is 0 Å². The molecule has 4 heteroatoms. The van der Waals surface area contributed by atoms with Gasteiger partial charge in [0.15, 0.2) is 0 Å². The lowest BCUT2D eigenvalue weighted by molar-refractivity contribution is -0.137. The number of allylic oxidation sites excluding steroid dienone is 1. The van der Waals surface area contributed by atoms with Gasteiger partial charge in [0.25, 0.3) is 0 Å². The Bertz CT molecular complexity index is 772. The van der Waals surface area contributed by atoms with Gasteiger partial charge in [-0.15, -0.1) is 0 Å². The molecule has 0 aromatic heterocycles. The van der Waals surface area contributed by atoms with E-state index in [4.69, 9.17) is 5.11 Å². The van der Waals surface area contributed by atoms with Crippen LogP contribution in [-0.2, 0) is 11.3 Å². The SMILES string of the molecule is O=C(O)CCCC=CC1CN(Cc2ccccc2)CC1c1ccccc1O. The van der Waals surface area contributed by atoms with Gasteiger partial charge < -0.3 is 10.2 Å². The van der Waals surface area contributed by atoms with E-state index < -0.39 is 5.97 Å². The number of nitrogens with zero attached hydrogens (tertiary/aromatic N) is 1. The fraction of sp³-hybridized carbons (Fsp3) is 0.348. The fourth-order valence-electron chi connectivity index (χ4n) is 3.85. The molecule has 27 heavy (non-hydrogen) atoms. The lowest BCUT2D eigenvalue weighted by atomic mass is 9.88. The predicted molar refractivity (Wildman–Crippen MR) is 107 cm³/mol. The standard InChI is InChI=1S/C23H27NO3/c25-22-13-8-7-12-20(22)21-17-24(15-18-9-3-1-4-10-18)16-19(21)11-5-2-6-14-23(26)27/h1,3-5,7-13,19,21,25H,2,6,14-17H2,(H,26,27). The van der Waals surface area contributed by atoms with E-state index in [0.29, 0.717) is 18.1 Å². The monoisotopic (exact) mass is 365 g/mol. The molecule has 0 spiro atoms. The summed E-state index contributed by atoms with van der Waals surface area (Å²) in [5, 5.41) is 19.1. The third-order valence-electron chi connectivity index (χ3n) is 5.17. The quantitative estimate of drug-likeness (QED) is 0.537. The van der Waals surface area contributed by atoms with Crippen molar-refractivity contribution in [2.45, 2.75) is 31.7 Å². The van der Waals surface area contributed by atoms with Crippen molar-refractivity contribution >= 4 is 5.97 Å². The van der Waals surface area contributed by atoms with E-state index in [9.17, 15) is 9.90 Å². The largest absolute Gasteiger partial charge is 0.508 e. The van der Waals surface area contributed by atoms with Gasteiger partial charge in [0.1, 0.15) is 5.75 Å². The summed E-state index contributed by atoms with van der Waals surface area (Å²) in [6.07, 6.45) is 5.96. The zero-order chi connectivity index (χ0) is 19.1. The molecule has 1 aliphatic heterocycles. The van der Waals surface area contributed by atoms with Crippen LogP contribution in [0.15, 0.2) is 66.7 Å². The van der Waals surface area contributed by atoms with Crippen LogP contribution < -0.4 is 0 Å². The molecule has 3 rings (SSSR count). The van der Waals surface area contributed by atoms with Gasteiger partial charge in [-0.3, -0.25) is 9.69 Å². The maximum Gasteiger partial charge on any atom is 0.303 e. The summed E-state index contributed by atoms with van der Waals surface area (Å²) >= 11 is 0. The first-order valence-corrected chi connectivity index (χ1v) is 9.56. The molecule has 2 aromatic carbocycles. The Hall–Kier alpha value is -2.59. The Balaban J connectivity index is 1.70. The Morgan fingerprint density at radius 3 is 2.56 bits per heavy atom. The van der Waals surface area contributed by atoms with Crippen LogP contribution in [0.3, 0.4) is 0 Å². The first-order chi connectivity index (χ1) is 13.1. The number of carboxylic acids is 1. The highest BCUT2D eigenvalue weighted by molar-refractivity contribution is 5.66. The van der Waals surface area contributed by atoms with Crippen molar-refractivity contribution < 1.29 is 15.0 Å². The minimum atomic E-state index is -0.745. The number of para-hydroxylation sites is 1. The summed E-state index contributed by atoms with van der Waals surface area (Å²) in [4.78, 5) is 13.1. The van der Waals surface area contributed by atoms with Crippen molar-refractivity contribution in [2.24, 2.45) is 5.92 Å². The molecule has 1 saturated heterocycles. The van der Waals surface area contributed by atoms with E-state index in [-0.39, 0.29) is 12.3 Å². The van der Waals surface area contributed by atoms with Crippen molar-refractivity contribution in [3.05, 3.63) is 77.9 Å². The van der Waals surface area contributed by atoms with E-state index >= 15 is 0 Å². The molecule has 1 heterocycles. The van der Waals surface area contributed by atoms with Crippen LogP contribution in [0.5, 0.6) is 5.75 Å². The molecule has 2 atom stereocenters. The molecule has 2 N–H and O–H groups in total. The molecule has 0 saturated carbocycles. The third-order valence-corrected chi connectivity index (χ3v) is 5.17. The maximum atomic E-state index is 10.7. The average molecular weight is 365 g/mol. The lowest BCUT2D eigenvalue weighted by Gasteiger charge is -2.17. The summed E-state index contributed by atoms with van der Waals surface area (Å²) < 4.78 is 0. The van der Waals surface area contributed by atoms with Gasteiger partial charge in [0.05, 0.1) is 0 Å². The highest BCUT2D eigenvalue weighted by atomic mass is 16.4. The predicted octanol–water partition coefficient (Wildman–Crippen LogP) is 4.42. The van der Waals surface area contributed by atoms with E-state index in [2.05, 4.69) is 41.3 Å². The van der Waals surface area contributed by atoms with E-state index in [1.54, 1.807) is 6.07 Å². The number of phenolic OH excluding ortho intramolecular Hbond substituents is 1. The number of phenols is 1. The molecule has 142 valence electrons. The summed E-state index contributed by atoms with van der Waals surface area (Å²) in [5.74, 6) is 0.163. The van der Waals surface area contributed by atoms with Crippen LogP contribution in [0.2, 0.25) is 0 Å². The van der Waals surface area contributed by atoms with E-state index in [0.717, 1.165) is 31.6 Å². The van der Waals surface area contributed by atoms with Crippen LogP contribution in [0, 0.1) is 5.92 Å². The number of likely N-dealkylation sites (tertiary alicyclic amines) is 1.